The maximum Gasteiger partial charge on any atom is 0.255 e. The Bertz CT molecular complexity index is 475. The summed E-state index contributed by atoms with van der Waals surface area (Å²) in [6.07, 6.45) is 3.44. The lowest BCUT2D eigenvalue weighted by Gasteiger charge is -2.30. The zero-order valence-corrected chi connectivity index (χ0v) is 12.4. The average molecular weight is 299 g/mol. The molecule has 1 aromatic carbocycles. The molecule has 1 aliphatic rings. The van der Waals surface area contributed by atoms with Gasteiger partial charge >= 0.3 is 0 Å². The topological polar surface area (TPSA) is 32.3 Å². The Balaban J connectivity index is 2.10. The van der Waals surface area contributed by atoms with Crippen LogP contribution in [0.4, 0.5) is 4.39 Å². The van der Waals surface area contributed by atoms with Gasteiger partial charge in [-0.05, 0) is 38.4 Å². The molecule has 0 spiro atoms. The summed E-state index contributed by atoms with van der Waals surface area (Å²) in [4.78, 5) is 14.2. The highest BCUT2D eigenvalue weighted by atomic mass is 35.5. The van der Waals surface area contributed by atoms with Gasteiger partial charge in [0.1, 0.15) is 5.82 Å². The number of likely N-dealkylation sites (N-methyl/N-ethyl adjacent to an activating group) is 1. The van der Waals surface area contributed by atoms with Crippen molar-refractivity contribution in [2.24, 2.45) is 0 Å². The number of piperidine rings is 1. The summed E-state index contributed by atoms with van der Waals surface area (Å²) in [5.74, 6) is -0.756. The predicted octanol–water partition coefficient (Wildman–Crippen LogP) is 3.08. The van der Waals surface area contributed by atoms with Crippen molar-refractivity contribution in [2.75, 3.05) is 19.6 Å². The average Bonchev–Trinajstić information content (AvgIpc) is 2.48. The summed E-state index contributed by atoms with van der Waals surface area (Å²) in [5.41, 5.74) is 0.240. The summed E-state index contributed by atoms with van der Waals surface area (Å²) in [6.45, 7) is 4.15. The van der Waals surface area contributed by atoms with E-state index in [1.807, 2.05) is 6.92 Å². The highest BCUT2D eigenvalue weighted by Crippen LogP contribution is 2.21. The molecule has 1 fully saturated rings. The molecule has 5 heteroatoms. The van der Waals surface area contributed by atoms with Crippen LogP contribution in [-0.4, -0.2) is 36.5 Å². The van der Waals surface area contributed by atoms with Gasteiger partial charge in [0, 0.05) is 19.1 Å². The SMILES string of the molecule is CCN(CC1CCCCN1)C(=O)c1cccc(F)c1Cl. The van der Waals surface area contributed by atoms with Gasteiger partial charge < -0.3 is 10.2 Å². The zero-order chi connectivity index (χ0) is 14.5. The quantitative estimate of drug-likeness (QED) is 0.926. The van der Waals surface area contributed by atoms with Crippen molar-refractivity contribution in [3.05, 3.63) is 34.6 Å². The molecule has 0 aliphatic carbocycles. The van der Waals surface area contributed by atoms with Crippen LogP contribution in [0.2, 0.25) is 5.02 Å². The number of halogens is 2. The van der Waals surface area contributed by atoms with Crippen LogP contribution in [0.25, 0.3) is 0 Å². The fraction of sp³-hybridized carbons (Fsp3) is 0.533. The van der Waals surface area contributed by atoms with Crippen molar-refractivity contribution in [1.82, 2.24) is 10.2 Å². The number of hydrogen-bond donors (Lipinski definition) is 1. The standard InChI is InChI=1S/C15H20ClFN2O/c1-2-19(10-11-6-3-4-9-18-11)15(20)12-7-5-8-13(17)14(12)16/h5,7-8,11,18H,2-4,6,9-10H2,1H3. The smallest absolute Gasteiger partial charge is 0.255 e. The number of carbonyl (C=O) groups is 1. The zero-order valence-electron chi connectivity index (χ0n) is 11.7. The van der Waals surface area contributed by atoms with Gasteiger partial charge in [-0.2, -0.15) is 0 Å². The van der Waals surface area contributed by atoms with Crippen molar-refractivity contribution < 1.29 is 9.18 Å². The molecule has 0 radical (unpaired) electrons. The molecule has 1 saturated heterocycles. The third-order valence-corrected chi connectivity index (χ3v) is 4.09. The van der Waals surface area contributed by atoms with Gasteiger partial charge in [-0.25, -0.2) is 4.39 Å². The van der Waals surface area contributed by atoms with E-state index in [0.717, 1.165) is 13.0 Å². The van der Waals surface area contributed by atoms with Gasteiger partial charge in [-0.3, -0.25) is 4.79 Å². The van der Waals surface area contributed by atoms with Gasteiger partial charge in [0.15, 0.2) is 0 Å². The molecule has 20 heavy (non-hydrogen) atoms. The second kappa shape index (κ2) is 7.04. The van der Waals surface area contributed by atoms with Gasteiger partial charge in [-0.1, -0.05) is 24.1 Å². The number of hydrogen-bond acceptors (Lipinski definition) is 2. The Morgan fingerprint density at radius 2 is 2.30 bits per heavy atom. The molecule has 0 aromatic heterocycles. The molecule has 1 unspecified atom stereocenters. The summed E-state index contributed by atoms with van der Waals surface area (Å²) >= 11 is 5.89. The van der Waals surface area contributed by atoms with Crippen molar-refractivity contribution in [3.8, 4) is 0 Å². The van der Waals surface area contributed by atoms with Crippen LogP contribution >= 0.6 is 11.6 Å². The molecule has 110 valence electrons. The minimum atomic E-state index is -0.552. The molecule has 0 saturated carbocycles. The van der Waals surface area contributed by atoms with Crippen LogP contribution in [0.1, 0.15) is 36.5 Å². The van der Waals surface area contributed by atoms with Crippen molar-refractivity contribution >= 4 is 17.5 Å². The summed E-state index contributed by atoms with van der Waals surface area (Å²) < 4.78 is 13.5. The first-order valence-electron chi connectivity index (χ1n) is 7.10. The Labute approximate surface area is 124 Å². The van der Waals surface area contributed by atoms with Gasteiger partial charge in [-0.15, -0.1) is 0 Å². The normalized spacial score (nSPS) is 18.9. The molecule has 1 aliphatic heterocycles. The lowest BCUT2D eigenvalue weighted by Crippen LogP contribution is -2.45. The van der Waals surface area contributed by atoms with E-state index in [2.05, 4.69) is 5.32 Å². The Morgan fingerprint density at radius 3 is 2.95 bits per heavy atom. The van der Waals surface area contributed by atoms with Gasteiger partial charge in [0.25, 0.3) is 5.91 Å². The third kappa shape index (κ3) is 3.49. The first kappa shape index (κ1) is 15.3. The molecule has 2 rings (SSSR count). The molecule has 1 N–H and O–H groups in total. The van der Waals surface area contributed by atoms with Crippen LogP contribution in [-0.2, 0) is 0 Å². The molecule has 0 bridgehead atoms. The maximum atomic E-state index is 13.5. The van der Waals surface area contributed by atoms with Gasteiger partial charge in [0.05, 0.1) is 10.6 Å². The van der Waals surface area contributed by atoms with Crippen LogP contribution in [0.15, 0.2) is 18.2 Å². The first-order valence-corrected chi connectivity index (χ1v) is 7.48. The number of rotatable bonds is 4. The molecule has 1 aromatic rings. The number of amides is 1. The molecule has 1 amide bonds. The van der Waals surface area contributed by atoms with E-state index in [4.69, 9.17) is 11.6 Å². The Kier molecular flexibility index (Phi) is 5.38. The summed E-state index contributed by atoms with van der Waals surface area (Å²) in [7, 11) is 0. The van der Waals surface area contributed by atoms with E-state index in [9.17, 15) is 9.18 Å². The van der Waals surface area contributed by atoms with Crippen molar-refractivity contribution in [3.63, 3.8) is 0 Å². The second-order valence-corrected chi connectivity index (χ2v) is 5.47. The Morgan fingerprint density at radius 1 is 1.50 bits per heavy atom. The van der Waals surface area contributed by atoms with E-state index >= 15 is 0 Å². The van der Waals surface area contributed by atoms with E-state index in [1.54, 1.807) is 11.0 Å². The highest BCUT2D eigenvalue weighted by Gasteiger charge is 2.22. The van der Waals surface area contributed by atoms with Crippen LogP contribution < -0.4 is 5.32 Å². The number of nitrogens with one attached hydrogen (secondary N) is 1. The van der Waals surface area contributed by atoms with Crippen LogP contribution in [0, 0.1) is 5.82 Å². The maximum absolute atomic E-state index is 13.5. The minimum absolute atomic E-state index is 0.0902. The lowest BCUT2D eigenvalue weighted by molar-refractivity contribution is 0.0741. The van der Waals surface area contributed by atoms with Gasteiger partial charge in [0.2, 0.25) is 0 Å². The molecular weight excluding hydrogens is 279 g/mol. The molecular formula is C15H20ClFN2O. The van der Waals surface area contributed by atoms with E-state index < -0.39 is 5.82 Å². The number of benzene rings is 1. The van der Waals surface area contributed by atoms with Crippen LogP contribution in [0.3, 0.4) is 0 Å². The van der Waals surface area contributed by atoms with Crippen molar-refractivity contribution in [1.29, 1.82) is 0 Å². The number of nitrogens with zero attached hydrogens (tertiary/aromatic N) is 1. The predicted molar refractivity (Wildman–Crippen MR) is 78.6 cm³/mol. The number of carbonyl (C=O) groups excluding carboxylic acids is 1. The summed E-state index contributed by atoms with van der Waals surface area (Å²) in [5, 5.41) is 3.33. The molecule has 3 nitrogen and oxygen atoms in total. The largest absolute Gasteiger partial charge is 0.337 e. The van der Waals surface area contributed by atoms with Crippen molar-refractivity contribution in [2.45, 2.75) is 32.2 Å². The molecule has 1 atom stereocenters. The molecule has 1 heterocycles. The highest BCUT2D eigenvalue weighted by molar-refractivity contribution is 6.34. The minimum Gasteiger partial charge on any atom is -0.337 e. The summed E-state index contributed by atoms with van der Waals surface area (Å²) in [6, 6.07) is 4.67. The second-order valence-electron chi connectivity index (χ2n) is 5.09. The lowest BCUT2D eigenvalue weighted by atomic mass is 10.0. The fourth-order valence-electron chi connectivity index (χ4n) is 2.54. The van der Waals surface area contributed by atoms with E-state index in [1.165, 1.54) is 25.0 Å². The fourth-order valence-corrected chi connectivity index (χ4v) is 2.75. The monoisotopic (exact) mass is 298 g/mol. The Hall–Kier alpha value is -1.13. The third-order valence-electron chi connectivity index (χ3n) is 3.70. The van der Waals surface area contributed by atoms with Crippen LogP contribution in [0.5, 0.6) is 0 Å². The first-order chi connectivity index (χ1) is 9.63. The van der Waals surface area contributed by atoms with E-state index in [-0.39, 0.29) is 16.5 Å². The van der Waals surface area contributed by atoms with E-state index in [0.29, 0.717) is 19.1 Å².